The monoisotopic (exact) mass is 207 g/mol. The van der Waals surface area contributed by atoms with Crippen LogP contribution in [0.15, 0.2) is 11.6 Å². The lowest BCUT2D eigenvalue weighted by atomic mass is 9.75. The maximum Gasteiger partial charge on any atom is 0.166 e. The van der Waals surface area contributed by atoms with E-state index < -0.39 is 0 Å². The van der Waals surface area contributed by atoms with Gasteiger partial charge >= 0.3 is 0 Å². The number of hydrogen-bond donors (Lipinski definition) is 1. The van der Waals surface area contributed by atoms with Crippen LogP contribution in [0.4, 0.5) is 0 Å². The molecule has 0 spiro atoms. The van der Waals surface area contributed by atoms with Crippen molar-refractivity contribution in [2.24, 2.45) is 5.41 Å². The molecule has 2 nitrogen and oxygen atoms in total. The summed E-state index contributed by atoms with van der Waals surface area (Å²) in [6, 6.07) is 0. The van der Waals surface area contributed by atoms with Crippen LogP contribution in [0.1, 0.15) is 45.4 Å². The summed E-state index contributed by atoms with van der Waals surface area (Å²) in [5.41, 5.74) is 1.02. The fourth-order valence-electron chi connectivity index (χ4n) is 2.45. The molecule has 15 heavy (non-hydrogen) atoms. The van der Waals surface area contributed by atoms with E-state index >= 15 is 0 Å². The van der Waals surface area contributed by atoms with E-state index in [4.69, 9.17) is 0 Å². The fraction of sp³-hybridized carbons (Fsp3) is 0.769. The second-order valence-electron chi connectivity index (χ2n) is 5.18. The summed E-state index contributed by atoms with van der Waals surface area (Å²) in [6.45, 7) is 3.82. The molecule has 1 aliphatic carbocycles. The van der Waals surface area contributed by atoms with Gasteiger partial charge in [0, 0.05) is 13.1 Å². The highest BCUT2D eigenvalue weighted by Gasteiger charge is 2.40. The largest absolute Gasteiger partial charge is 0.315 e. The first-order chi connectivity index (χ1) is 7.22. The topological polar surface area (TPSA) is 29.1 Å². The van der Waals surface area contributed by atoms with Gasteiger partial charge in [0.05, 0.1) is 5.41 Å². The van der Waals surface area contributed by atoms with Gasteiger partial charge in [0.25, 0.3) is 0 Å². The van der Waals surface area contributed by atoms with Crippen LogP contribution in [0.5, 0.6) is 0 Å². The summed E-state index contributed by atoms with van der Waals surface area (Å²) >= 11 is 0. The van der Waals surface area contributed by atoms with E-state index in [1.54, 1.807) is 0 Å². The Balaban J connectivity index is 2.03. The van der Waals surface area contributed by atoms with E-state index in [-0.39, 0.29) is 5.41 Å². The molecule has 84 valence electrons. The molecule has 1 saturated heterocycles. The number of hydrogen-bond acceptors (Lipinski definition) is 2. The molecule has 0 amide bonds. The van der Waals surface area contributed by atoms with Crippen molar-refractivity contribution in [1.82, 2.24) is 5.32 Å². The molecule has 0 unspecified atom stereocenters. The Labute approximate surface area is 92.1 Å². The minimum Gasteiger partial charge on any atom is -0.315 e. The van der Waals surface area contributed by atoms with Gasteiger partial charge in [-0.3, -0.25) is 4.79 Å². The van der Waals surface area contributed by atoms with E-state index in [9.17, 15) is 4.79 Å². The van der Waals surface area contributed by atoms with Gasteiger partial charge in [-0.15, -0.1) is 0 Å². The van der Waals surface area contributed by atoms with Gasteiger partial charge in [-0.2, -0.15) is 0 Å². The van der Waals surface area contributed by atoms with E-state index in [1.807, 2.05) is 0 Å². The van der Waals surface area contributed by atoms with Crippen molar-refractivity contribution in [1.29, 1.82) is 0 Å². The minimum absolute atomic E-state index is 0.0922. The van der Waals surface area contributed by atoms with E-state index in [0.717, 1.165) is 31.5 Å². The Morgan fingerprint density at radius 1 is 1.27 bits per heavy atom. The Morgan fingerprint density at radius 3 is 2.67 bits per heavy atom. The summed E-state index contributed by atoms with van der Waals surface area (Å²) in [6.07, 6.45) is 9.38. The molecule has 0 aromatic heterocycles. The molecule has 1 fully saturated rings. The van der Waals surface area contributed by atoms with E-state index in [1.165, 1.54) is 25.7 Å². The summed E-state index contributed by atoms with van der Waals surface area (Å²) in [7, 11) is 0. The number of carbonyl (C=O) groups excluding carboxylic acids is 1. The maximum absolute atomic E-state index is 12.3. The highest BCUT2D eigenvalue weighted by molar-refractivity contribution is 6.00. The molecule has 0 aromatic carbocycles. The van der Waals surface area contributed by atoms with Gasteiger partial charge in [-0.1, -0.05) is 18.9 Å². The Morgan fingerprint density at radius 2 is 2.00 bits per heavy atom. The van der Waals surface area contributed by atoms with E-state index in [0.29, 0.717) is 5.78 Å². The third-order valence-electron chi connectivity index (χ3n) is 3.66. The lowest BCUT2D eigenvalue weighted by molar-refractivity contribution is -0.126. The first-order valence-corrected chi connectivity index (χ1v) is 6.17. The third kappa shape index (κ3) is 2.31. The van der Waals surface area contributed by atoms with Crippen molar-refractivity contribution in [3.8, 4) is 0 Å². The number of rotatable bonds is 2. The molecular weight excluding hydrogens is 186 g/mol. The molecule has 1 aliphatic heterocycles. The molecule has 1 heterocycles. The molecule has 0 bridgehead atoms. The van der Waals surface area contributed by atoms with Crippen LogP contribution in [-0.4, -0.2) is 18.9 Å². The van der Waals surface area contributed by atoms with Crippen LogP contribution < -0.4 is 5.32 Å². The molecule has 0 atom stereocenters. The average Bonchev–Trinajstić information content (AvgIpc) is 2.13. The van der Waals surface area contributed by atoms with Crippen LogP contribution in [0.2, 0.25) is 0 Å². The van der Waals surface area contributed by atoms with Crippen molar-refractivity contribution >= 4 is 5.78 Å². The van der Waals surface area contributed by atoms with Crippen molar-refractivity contribution in [3.05, 3.63) is 11.6 Å². The van der Waals surface area contributed by atoms with Crippen LogP contribution in [0.3, 0.4) is 0 Å². The predicted molar refractivity (Wildman–Crippen MR) is 61.8 cm³/mol. The van der Waals surface area contributed by atoms with Crippen LogP contribution in [0.25, 0.3) is 0 Å². The Bertz CT molecular complexity index is 276. The summed E-state index contributed by atoms with van der Waals surface area (Å²) in [4.78, 5) is 12.3. The first kappa shape index (κ1) is 10.9. The number of Topliss-reactive ketones (excluding diaryl/α,β-unsaturated/α-hetero) is 1. The highest BCUT2D eigenvalue weighted by Crippen LogP contribution is 2.29. The van der Waals surface area contributed by atoms with Gasteiger partial charge in [-0.05, 0) is 38.2 Å². The van der Waals surface area contributed by atoms with Crippen LogP contribution in [0, 0.1) is 5.41 Å². The third-order valence-corrected chi connectivity index (χ3v) is 3.66. The zero-order valence-corrected chi connectivity index (χ0v) is 9.64. The zero-order valence-electron chi connectivity index (χ0n) is 9.64. The van der Waals surface area contributed by atoms with Crippen LogP contribution in [-0.2, 0) is 4.79 Å². The first-order valence-electron chi connectivity index (χ1n) is 6.17. The quantitative estimate of drug-likeness (QED) is 0.753. The van der Waals surface area contributed by atoms with Gasteiger partial charge in [-0.25, -0.2) is 0 Å². The Hall–Kier alpha value is -0.630. The second kappa shape index (κ2) is 4.48. The second-order valence-corrected chi connectivity index (χ2v) is 5.18. The van der Waals surface area contributed by atoms with Crippen molar-refractivity contribution < 1.29 is 4.79 Å². The SMILES string of the molecule is CC1(C(=O)/C2=C/CCCCCC2)CNC1. The number of allylic oxidation sites excluding steroid dienone is 2. The zero-order chi connectivity index (χ0) is 10.7. The molecule has 2 rings (SSSR count). The molecule has 2 aliphatic rings. The molecule has 2 heteroatoms. The molecular formula is C13H21NO. The molecule has 0 radical (unpaired) electrons. The van der Waals surface area contributed by atoms with Crippen molar-refractivity contribution in [2.75, 3.05) is 13.1 Å². The maximum atomic E-state index is 12.3. The van der Waals surface area contributed by atoms with Crippen LogP contribution >= 0.6 is 0 Å². The summed E-state index contributed by atoms with van der Waals surface area (Å²) < 4.78 is 0. The van der Waals surface area contributed by atoms with E-state index in [2.05, 4.69) is 18.3 Å². The summed E-state index contributed by atoms with van der Waals surface area (Å²) in [5.74, 6) is 0.406. The molecule has 1 N–H and O–H groups in total. The van der Waals surface area contributed by atoms with Gasteiger partial charge in [0.1, 0.15) is 0 Å². The predicted octanol–water partition coefficient (Wildman–Crippen LogP) is 2.45. The lowest BCUT2D eigenvalue weighted by Gasteiger charge is -2.38. The number of ketones is 1. The van der Waals surface area contributed by atoms with Gasteiger partial charge in [0.15, 0.2) is 5.78 Å². The van der Waals surface area contributed by atoms with Gasteiger partial charge < -0.3 is 5.32 Å². The molecule has 0 saturated carbocycles. The minimum atomic E-state index is -0.0922. The van der Waals surface area contributed by atoms with Gasteiger partial charge in [0.2, 0.25) is 0 Å². The van der Waals surface area contributed by atoms with Crippen molar-refractivity contribution in [2.45, 2.75) is 45.4 Å². The normalized spacial score (nSPS) is 29.3. The number of nitrogens with one attached hydrogen (secondary N) is 1. The smallest absolute Gasteiger partial charge is 0.166 e. The fourth-order valence-corrected chi connectivity index (χ4v) is 2.45. The standard InChI is InChI=1S/C13H21NO/c1-13(9-14-10-13)12(15)11-7-5-3-2-4-6-8-11/h7,14H,2-6,8-10H2,1H3/b11-7+. The molecule has 0 aromatic rings. The average molecular weight is 207 g/mol. The lowest BCUT2D eigenvalue weighted by Crippen LogP contribution is -2.56. The van der Waals surface area contributed by atoms with Crippen molar-refractivity contribution in [3.63, 3.8) is 0 Å². The number of carbonyl (C=O) groups is 1. The summed E-state index contributed by atoms with van der Waals surface area (Å²) in [5, 5.41) is 3.20. The highest BCUT2D eigenvalue weighted by atomic mass is 16.1. The Kier molecular flexibility index (Phi) is 3.25.